The van der Waals surface area contributed by atoms with E-state index in [0.717, 1.165) is 16.7 Å². The molecule has 1 N–H and O–H groups in total. The molecule has 0 bridgehead atoms. The summed E-state index contributed by atoms with van der Waals surface area (Å²) >= 11 is 0. The summed E-state index contributed by atoms with van der Waals surface area (Å²) in [7, 11) is 0. The molecule has 0 atom stereocenters. The van der Waals surface area contributed by atoms with Gasteiger partial charge in [-0.15, -0.1) is 5.10 Å². The first kappa shape index (κ1) is 13.5. The Hall–Kier alpha value is -3.15. The molecule has 0 aliphatic rings. The quantitative estimate of drug-likeness (QED) is 0.629. The number of imidazole rings is 1. The minimum atomic E-state index is -0.0812. The highest BCUT2D eigenvalue weighted by molar-refractivity contribution is 5.89. The van der Waals surface area contributed by atoms with E-state index in [2.05, 4.69) is 15.4 Å². The lowest BCUT2D eigenvalue weighted by Gasteiger charge is -2.04. The number of aromatic nitrogens is 3. The summed E-state index contributed by atoms with van der Waals surface area (Å²) in [5.41, 5.74) is 2.24. The van der Waals surface area contributed by atoms with Gasteiger partial charge in [0.15, 0.2) is 17.2 Å². The number of anilines is 1. The highest BCUT2D eigenvalue weighted by atomic mass is 16.3. The molecule has 3 heterocycles. The molecule has 0 aliphatic carbocycles. The Labute approximate surface area is 131 Å². The van der Waals surface area contributed by atoms with Crippen LogP contribution in [0.3, 0.4) is 0 Å². The van der Waals surface area contributed by atoms with E-state index >= 15 is 0 Å². The Morgan fingerprint density at radius 1 is 1.26 bits per heavy atom. The molecule has 0 saturated carbocycles. The summed E-state index contributed by atoms with van der Waals surface area (Å²) in [6, 6.07) is 13.3. The van der Waals surface area contributed by atoms with Crippen LogP contribution in [0.5, 0.6) is 0 Å². The van der Waals surface area contributed by atoms with Crippen LogP contribution in [0.1, 0.15) is 13.3 Å². The van der Waals surface area contributed by atoms with Gasteiger partial charge in [-0.05, 0) is 24.3 Å². The lowest BCUT2D eigenvalue weighted by atomic mass is 10.2. The van der Waals surface area contributed by atoms with Crippen molar-refractivity contribution in [2.45, 2.75) is 13.3 Å². The number of nitrogens with zero attached hydrogens (tertiary/aromatic N) is 3. The molecule has 0 saturated heterocycles. The number of hydrogen-bond donors (Lipinski definition) is 1. The SMILES string of the molecule is CCC(=O)Nc1ccc2ncc(-c3cc4ccccc4o3)n2n1. The van der Waals surface area contributed by atoms with Crippen LogP contribution in [0.25, 0.3) is 28.1 Å². The number of hydrogen-bond acceptors (Lipinski definition) is 4. The second-order valence-electron chi connectivity index (χ2n) is 5.18. The molecular weight excluding hydrogens is 292 g/mol. The molecule has 4 rings (SSSR count). The molecular formula is C17H14N4O2. The van der Waals surface area contributed by atoms with Crippen LogP contribution in [0, 0.1) is 0 Å². The number of carbonyl (C=O) groups is 1. The van der Waals surface area contributed by atoms with Gasteiger partial charge >= 0.3 is 0 Å². The summed E-state index contributed by atoms with van der Waals surface area (Å²) in [6.07, 6.45) is 2.12. The van der Waals surface area contributed by atoms with Crippen molar-refractivity contribution in [2.24, 2.45) is 0 Å². The predicted octanol–water partition coefficient (Wildman–Crippen LogP) is 3.49. The number of amides is 1. The van der Waals surface area contributed by atoms with E-state index < -0.39 is 0 Å². The maximum Gasteiger partial charge on any atom is 0.225 e. The number of benzene rings is 1. The number of carbonyl (C=O) groups excluding carboxylic acids is 1. The van der Waals surface area contributed by atoms with Crippen LogP contribution < -0.4 is 5.32 Å². The summed E-state index contributed by atoms with van der Waals surface area (Å²) in [5, 5.41) is 8.20. The van der Waals surface area contributed by atoms with Crippen LogP contribution in [0.4, 0.5) is 5.82 Å². The second-order valence-corrected chi connectivity index (χ2v) is 5.18. The molecule has 0 spiro atoms. The molecule has 1 amide bonds. The predicted molar refractivity (Wildman–Crippen MR) is 87.1 cm³/mol. The molecule has 0 aliphatic heterocycles. The Kier molecular flexibility index (Phi) is 3.08. The zero-order valence-electron chi connectivity index (χ0n) is 12.5. The summed E-state index contributed by atoms with van der Waals surface area (Å²) < 4.78 is 7.54. The average molecular weight is 306 g/mol. The minimum Gasteiger partial charge on any atom is -0.454 e. The molecule has 0 unspecified atom stereocenters. The lowest BCUT2D eigenvalue weighted by molar-refractivity contribution is -0.115. The largest absolute Gasteiger partial charge is 0.454 e. The van der Waals surface area contributed by atoms with Crippen molar-refractivity contribution >= 4 is 28.3 Å². The Morgan fingerprint density at radius 3 is 2.96 bits per heavy atom. The Balaban J connectivity index is 1.82. The Bertz CT molecular complexity index is 983. The Morgan fingerprint density at radius 2 is 2.13 bits per heavy atom. The maximum absolute atomic E-state index is 11.5. The van der Waals surface area contributed by atoms with Crippen molar-refractivity contribution in [1.29, 1.82) is 0 Å². The van der Waals surface area contributed by atoms with Crippen molar-refractivity contribution < 1.29 is 9.21 Å². The van der Waals surface area contributed by atoms with Gasteiger partial charge in [0.25, 0.3) is 0 Å². The van der Waals surface area contributed by atoms with E-state index in [9.17, 15) is 4.79 Å². The molecule has 23 heavy (non-hydrogen) atoms. The van der Waals surface area contributed by atoms with Crippen molar-refractivity contribution in [2.75, 3.05) is 5.32 Å². The first-order chi connectivity index (χ1) is 11.2. The van der Waals surface area contributed by atoms with Gasteiger partial charge in [0.1, 0.15) is 11.3 Å². The average Bonchev–Trinajstić information content (AvgIpc) is 3.17. The van der Waals surface area contributed by atoms with Gasteiger partial charge in [-0.1, -0.05) is 25.1 Å². The van der Waals surface area contributed by atoms with Crippen molar-refractivity contribution in [3.05, 3.63) is 48.7 Å². The summed E-state index contributed by atoms with van der Waals surface area (Å²) in [4.78, 5) is 15.9. The van der Waals surface area contributed by atoms with E-state index in [1.807, 2.05) is 36.4 Å². The second kappa shape index (κ2) is 5.24. The first-order valence-electron chi connectivity index (χ1n) is 7.38. The molecule has 1 aromatic carbocycles. The number of rotatable bonds is 3. The molecule has 3 aromatic heterocycles. The zero-order chi connectivity index (χ0) is 15.8. The van der Waals surface area contributed by atoms with E-state index in [1.165, 1.54) is 0 Å². The smallest absolute Gasteiger partial charge is 0.225 e. The van der Waals surface area contributed by atoms with Crippen LogP contribution in [-0.2, 0) is 4.79 Å². The van der Waals surface area contributed by atoms with Crippen LogP contribution in [0.15, 0.2) is 53.1 Å². The van der Waals surface area contributed by atoms with Gasteiger partial charge in [0.2, 0.25) is 5.91 Å². The monoisotopic (exact) mass is 306 g/mol. The lowest BCUT2D eigenvalue weighted by Crippen LogP contribution is -2.12. The number of para-hydroxylation sites is 1. The highest BCUT2D eigenvalue weighted by Gasteiger charge is 2.13. The van der Waals surface area contributed by atoms with Gasteiger partial charge in [0.05, 0.1) is 6.20 Å². The molecule has 4 aromatic rings. The van der Waals surface area contributed by atoms with E-state index in [0.29, 0.717) is 23.6 Å². The first-order valence-corrected chi connectivity index (χ1v) is 7.38. The van der Waals surface area contributed by atoms with Crippen molar-refractivity contribution in [3.63, 3.8) is 0 Å². The summed E-state index contributed by atoms with van der Waals surface area (Å²) in [6.45, 7) is 1.80. The van der Waals surface area contributed by atoms with Gasteiger partial charge < -0.3 is 9.73 Å². The third kappa shape index (κ3) is 2.34. The summed E-state index contributed by atoms with van der Waals surface area (Å²) in [5.74, 6) is 1.09. The van der Waals surface area contributed by atoms with Gasteiger partial charge in [-0.3, -0.25) is 4.79 Å². The number of nitrogens with one attached hydrogen (secondary N) is 1. The highest BCUT2D eigenvalue weighted by Crippen LogP contribution is 2.28. The fourth-order valence-corrected chi connectivity index (χ4v) is 2.45. The van der Waals surface area contributed by atoms with E-state index in [1.54, 1.807) is 23.7 Å². The topological polar surface area (TPSA) is 72.4 Å². The number of fused-ring (bicyclic) bond motifs is 2. The van der Waals surface area contributed by atoms with Gasteiger partial charge in [0, 0.05) is 11.8 Å². The van der Waals surface area contributed by atoms with Gasteiger partial charge in [-0.25, -0.2) is 9.50 Å². The van der Waals surface area contributed by atoms with E-state index in [-0.39, 0.29) is 5.91 Å². The molecule has 0 radical (unpaired) electrons. The van der Waals surface area contributed by atoms with Crippen molar-refractivity contribution in [3.8, 4) is 11.5 Å². The zero-order valence-corrected chi connectivity index (χ0v) is 12.5. The molecule has 114 valence electrons. The molecule has 0 fully saturated rings. The molecule has 6 nitrogen and oxygen atoms in total. The normalized spacial score (nSPS) is 11.2. The van der Waals surface area contributed by atoms with Gasteiger partial charge in [-0.2, -0.15) is 0 Å². The third-order valence-corrected chi connectivity index (χ3v) is 3.63. The van der Waals surface area contributed by atoms with E-state index in [4.69, 9.17) is 4.42 Å². The van der Waals surface area contributed by atoms with Crippen LogP contribution in [0.2, 0.25) is 0 Å². The number of furan rings is 1. The van der Waals surface area contributed by atoms with Crippen molar-refractivity contribution in [1.82, 2.24) is 14.6 Å². The van der Waals surface area contributed by atoms with Crippen LogP contribution >= 0.6 is 0 Å². The third-order valence-electron chi connectivity index (χ3n) is 3.63. The minimum absolute atomic E-state index is 0.0812. The standard InChI is InChI=1S/C17H14N4O2/c1-2-17(22)19-15-7-8-16-18-10-12(21(16)20-15)14-9-11-5-3-4-6-13(11)23-14/h3-10H,2H2,1H3,(H,19,20,22). The molecule has 6 heteroatoms. The fraction of sp³-hybridized carbons (Fsp3) is 0.118. The van der Waals surface area contributed by atoms with Crippen LogP contribution in [-0.4, -0.2) is 20.5 Å². The fourth-order valence-electron chi connectivity index (χ4n) is 2.45. The maximum atomic E-state index is 11.5.